The Kier molecular flexibility index (Phi) is 3.67. The van der Waals surface area contributed by atoms with Crippen LogP contribution >= 0.6 is 0 Å². The minimum absolute atomic E-state index is 0.116. The van der Waals surface area contributed by atoms with Crippen molar-refractivity contribution < 1.29 is 18.0 Å². The fraction of sp³-hybridized carbons (Fsp3) is 0.714. The first-order valence-corrected chi connectivity index (χ1v) is 7.40. The van der Waals surface area contributed by atoms with Crippen LogP contribution in [0.2, 0.25) is 0 Å². The van der Waals surface area contributed by atoms with Gasteiger partial charge in [-0.15, -0.1) is 0 Å². The summed E-state index contributed by atoms with van der Waals surface area (Å²) < 4.78 is 40.1. The lowest BCUT2D eigenvalue weighted by Gasteiger charge is -2.12. The third-order valence-electron chi connectivity index (χ3n) is 4.29. The summed E-state index contributed by atoms with van der Waals surface area (Å²) in [5.41, 5.74) is 0.0312. The van der Waals surface area contributed by atoms with Gasteiger partial charge in [-0.2, -0.15) is 18.3 Å². The lowest BCUT2D eigenvalue weighted by atomic mass is 10.2. The number of carbonyl (C=O) groups is 1. The Balaban J connectivity index is 1.75. The number of rotatable bonds is 3. The Hall–Kier alpha value is -1.53. The van der Waals surface area contributed by atoms with E-state index in [0.717, 1.165) is 25.7 Å². The number of hydrogen-bond acceptors (Lipinski definition) is 2. The topological polar surface area (TPSA) is 46.9 Å². The normalized spacial score (nSPS) is 19.0. The number of halogens is 3. The predicted molar refractivity (Wildman–Crippen MR) is 69.7 cm³/mol. The van der Waals surface area contributed by atoms with Crippen molar-refractivity contribution in [1.29, 1.82) is 0 Å². The van der Waals surface area contributed by atoms with Gasteiger partial charge in [-0.1, -0.05) is 12.8 Å². The molecule has 116 valence electrons. The van der Waals surface area contributed by atoms with Gasteiger partial charge in [0.15, 0.2) is 5.69 Å². The Labute approximate surface area is 120 Å². The standard InChI is InChI=1S/C14H18F3N3O/c15-14(16,17)13-10-6-3-7-11(10)20(19-13)8-12(21)18-9-4-1-2-5-9/h9H,1-8H2,(H,18,21). The molecule has 0 bridgehead atoms. The van der Waals surface area contributed by atoms with Crippen LogP contribution in [0, 0.1) is 0 Å². The number of aromatic nitrogens is 2. The Morgan fingerprint density at radius 2 is 1.95 bits per heavy atom. The number of fused-ring (bicyclic) bond motifs is 1. The van der Waals surface area contributed by atoms with Crippen LogP contribution in [0.25, 0.3) is 0 Å². The smallest absolute Gasteiger partial charge is 0.352 e. The van der Waals surface area contributed by atoms with Crippen LogP contribution in [0.5, 0.6) is 0 Å². The van der Waals surface area contributed by atoms with Gasteiger partial charge in [0.1, 0.15) is 6.54 Å². The highest BCUT2D eigenvalue weighted by atomic mass is 19.4. The molecule has 0 saturated heterocycles. The van der Waals surface area contributed by atoms with E-state index in [-0.39, 0.29) is 24.1 Å². The van der Waals surface area contributed by atoms with E-state index in [1.165, 1.54) is 4.68 Å². The van der Waals surface area contributed by atoms with E-state index < -0.39 is 11.9 Å². The molecule has 0 aliphatic heterocycles. The lowest BCUT2D eigenvalue weighted by Crippen LogP contribution is -2.35. The molecule has 0 radical (unpaired) electrons. The van der Waals surface area contributed by atoms with E-state index in [2.05, 4.69) is 10.4 Å². The highest BCUT2D eigenvalue weighted by molar-refractivity contribution is 5.76. The zero-order valence-electron chi connectivity index (χ0n) is 11.7. The average molecular weight is 301 g/mol. The van der Waals surface area contributed by atoms with Crippen molar-refractivity contribution in [3.63, 3.8) is 0 Å². The van der Waals surface area contributed by atoms with Gasteiger partial charge >= 0.3 is 6.18 Å². The SMILES string of the molecule is O=C(Cn1nc(C(F)(F)F)c2c1CCC2)NC1CCCC1. The highest BCUT2D eigenvalue weighted by Crippen LogP contribution is 2.36. The van der Waals surface area contributed by atoms with Gasteiger partial charge in [0, 0.05) is 17.3 Å². The second-order valence-corrected chi connectivity index (χ2v) is 5.83. The maximum Gasteiger partial charge on any atom is 0.435 e. The molecule has 1 saturated carbocycles. The Bertz CT molecular complexity index is 544. The summed E-state index contributed by atoms with van der Waals surface area (Å²) in [5.74, 6) is -0.243. The summed E-state index contributed by atoms with van der Waals surface area (Å²) in [6.45, 7) is -0.116. The van der Waals surface area contributed by atoms with E-state index in [9.17, 15) is 18.0 Å². The summed E-state index contributed by atoms with van der Waals surface area (Å²) in [6, 6.07) is 0.170. The van der Waals surface area contributed by atoms with Crippen molar-refractivity contribution in [2.75, 3.05) is 0 Å². The number of hydrogen-bond donors (Lipinski definition) is 1. The summed E-state index contributed by atoms with van der Waals surface area (Å²) in [6.07, 6.45) is 1.32. The molecule has 0 atom stereocenters. The van der Waals surface area contributed by atoms with Gasteiger partial charge in [-0.25, -0.2) is 0 Å². The van der Waals surface area contributed by atoms with E-state index in [0.29, 0.717) is 25.0 Å². The molecule has 2 aliphatic rings. The van der Waals surface area contributed by atoms with E-state index >= 15 is 0 Å². The molecule has 1 heterocycles. The van der Waals surface area contributed by atoms with Crippen molar-refractivity contribution in [3.8, 4) is 0 Å². The van der Waals surface area contributed by atoms with Crippen molar-refractivity contribution in [2.45, 2.75) is 63.7 Å². The lowest BCUT2D eigenvalue weighted by molar-refractivity contribution is -0.142. The molecule has 1 aromatic rings. The molecule has 2 aliphatic carbocycles. The van der Waals surface area contributed by atoms with E-state index in [4.69, 9.17) is 0 Å². The van der Waals surface area contributed by atoms with Crippen molar-refractivity contribution in [3.05, 3.63) is 17.0 Å². The summed E-state index contributed by atoms with van der Waals surface area (Å²) in [4.78, 5) is 12.0. The monoisotopic (exact) mass is 301 g/mol. The van der Waals surface area contributed by atoms with Crippen LogP contribution in [-0.4, -0.2) is 21.7 Å². The van der Waals surface area contributed by atoms with Gasteiger partial charge in [0.25, 0.3) is 0 Å². The van der Waals surface area contributed by atoms with Crippen molar-refractivity contribution in [2.24, 2.45) is 0 Å². The van der Waals surface area contributed by atoms with E-state index in [1.54, 1.807) is 0 Å². The molecule has 0 aromatic carbocycles. The number of carbonyl (C=O) groups excluding carboxylic acids is 1. The van der Waals surface area contributed by atoms with Crippen molar-refractivity contribution in [1.82, 2.24) is 15.1 Å². The van der Waals surface area contributed by atoms with Crippen LogP contribution < -0.4 is 5.32 Å². The molecular weight excluding hydrogens is 283 g/mol. The summed E-state index contributed by atoms with van der Waals surface area (Å²) >= 11 is 0. The summed E-state index contributed by atoms with van der Waals surface area (Å²) in [5, 5.41) is 6.53. The fourth-order valence-corrected chi connectivity index (χ4v) is 3.35. The van der Waals surface area contributed by atoms with Gasteiger partial charge in [-0.05, 0) is 32.1 Å². The first-order valence-electron chi connectivity index (χ1n) is 7.40. The first kappa shape index (κ1) is 14.4. The number of alkyl halides is 3. The highest BCUT2D eigenvalue weighted by Gasteiger charge is 2.40. The molecule has 1 aromatic heterocycles. The van der Waals surface area contributed by atoms with Crippen LogP contribution in [0.1, 0.15) is 49.1 Å². The third-order valence-corrected chi connectivity index (χ3v) is 4.29. The molecule has 1 N–H and O–H groups in total. The largest absolute Gasteiger partial charge is 0.435 e. The van der Waals surface area contributed by atoms with Gasteiger partial charge in [-0.3, -0.25) is 9.48 Å². The minimum atomic E-state index is -4.44. The van der Waals surface area contributed by atoms with Crippen LogP contribution in [0.4, 0.5) is 13.2 Å². The Morgan fingerprint density at radius 1 is 1.24 bits per heavy atom. The number of nitrogens with zero attached hydrogens (tertiary/aromatic N) is 2. The first-order chi connectivity index (χ1) is 9.95. The van der Waals surface area contributed by atoms with Crippen LogP contribution in [0.3, 0.4) is 0 Å². The van der Waals surface area contributed by atoms with Gasteiger partial charge in [0.05, 0.1) is 0 Å². The summed E-state index contributed by atoms with van der Waals surface area (Å²) in [7, 11) is 0. The van der Waals surface area contributed by atoms with Crippen LogP contribution in [-0.2, 0) is 30.4 Å². The van der Waals surface area contributed by atoms with Crippen LogP contribution in [0.15, 0.2) is 0 Å². The molecule has 4 nitrogen and oxygen atoms in total. The van der Waals surface area contributed by atoms with E-state index in [1.807, 2.05) is 0 Å². The molecular formula is C14H18F3N3O. The predicted octanol–water partition coefficient (Wildman–Crippen LogP) is 2.45. The average Bonchev–Trinajstić information content (AvgIpc) is 3.06. The fourth-order valence-electron chi connectivity index (χ4n) is 3.35. The van der Waals surface area contributed by atoms with Crippen molar-refractivity contribution >= 4 is 5.91 Å². The van der Waals surface area contributed by atoms with Gasteiger partial charge < -0.3 is 5.32 Å². The molecule has 7 heteroatoms. The molecule has 21 heavy (non-hydrogen) atoms. The maximum atomic E-state index is 12.9. The molecule has 0 spiro atoms. The zero-order valence-corrected chi connectivity index (χ0v) is 11.7. The molecule has 1 fully saturated rings. The maximum absolute atomic E-state index is 12.9. The number of nitrogens with one attached hydrogen (secondary N) is 1. The molecule has 3 rings (SSSR count). The zero-order chi connectivity index (χ0) is 15.0. The quantitative estimate of drug-likeness (QED) is 0.932. The minimum Gasteiger partial charge on any atom is -0.352 e. The molecule has 0 unspecified atom stereocenters. The number of amides is 1. The second kappa shape index (κ2) is 5.35. The van der Waals surface area contributed by atoms with Gasteiger partial charge in [0.2, 0.25) is 5.91 Å². The molecule has 1 amide bonds. The second-order valence-electron chi connectivity index (χ2n) is 5.83. The Morgan fingerprint density at radius 3 is 2.62 bits per heavy atom. The third kappa shape index (κ3) is 2.91.